The summed E-state index contributed by atoms with van der Waals surface area (Å²) in [6.45, 7) is 5.64. The summed E-state index contributed by atoms with van der Waals surface area (Å²) in [5, 5.41) is 7.60. The standard InChI is InChI=1S/C30H32N4O4/c1-4-6-17-38-24-12-9-22(18-25(24)37-5-2)29-26-27(21-7-10-23(36-3)11-8-21)32-33-28(26)30(35)34(29)19-20-13-15-31-16-14-20/h7-16,18,29H,4-6,17,19H2,1-3H3,(H,32,33). The Bertz CT molecular complexity index is 1390. The minimum absolute atomic E-state index is 0.102. The molecule has 0 saturated heterocycles. The first-order chi connectivity index (χ1) is 18.6. The van der Waals surface area contributed by atoms with Crippen molar-refractivity contribution in [2.45, 2.75) is 39.3 Å². The second-order valence-corrected chi connectivity index (χ2v) is 9.12. The van der Waals surface area contributed by atoms with Crippen LogP contribution >= 0.6 is 0 Å². The summed E-state index contributed by atoms with van der Waals surface area (Å²) in [6.07, 6.45) is 5.50. The third-order valence-electron chi connectivity index (χ3n) is 6.67. The van der Waals surface area contributed by atoms with Crippen molar-refractivity contribution in [1.82, 2.24) is 20.1 Å². The van der Waals surface area contributed by atoms with Crippen LogP contribution in [0.15, 0.2) is 67.0 Å². The molecule has 2 aromatic heterocycles. The fourth-order valence-electron chi connectivity index (χ4n) is 4.77. The smallest absolute Gasteiger partial charge is 0.273 e. The number of ether oxygens (including phenoxy) is 3. The number of hydrogen-bond acceptors (Lipinski definition) is 6. The monoisotopic (exact) mass is 512 g/mol. The molecule has 0 fully saturated rings. The van der Waals surface area contributed by atoms with E-state index >= 15 is 0 Å². The van der Waals surface area contributed by atoms with Gasteiger partial charge >= 0.3 is 0 Å². The molecule has 8 heteroatoms. The molecule has 1 N–H and O–H groups in total. The summed E-state index contributed by atoms with van der Waals surface area (Å²) in [6, 6.07) is 17.1. The molecule has 196 valence electrons. The Labute approximate surface area is 222 Å². The summed E-state index contributed by atoms with van der Waals surface area (Å²) in [7, 11) is 1.64. The second kappa shape index (κ2) is 11.4. The number of aromatic nitrogens is 3. The SMILES string of the molecule is CCCCOc1ccc(C2c3c(-c4ccc(OC)cc4)n[nH]c3C(=O)N2Cc2ccncc2)cc1OCC. The quantitative estimate of drug-likeness (QED) is 0.255. The van der Waals surface area contributed by atoms with Crippen molar-refractivity contribution in [1.29, 1.82) is 0 Å². The van der Waals surface area contributed by atoms with E-state index in [1.165, 1.54) is 0 Å². The summed E-state index contributed by atoms with van der Waals surface area (Å²) in [5.41, 5.74) is 4.89. The highest BCUT2D eigenvalue weighted by Gasteiger charge is 2.42. The number of methoxy groups -OCH3 is 1. The van der Waals surface area contributed by atoms with Crippen LogP contribution in [0.4, 0.5) is 0 Å². The van der Waals surface area contributed by atoms with Gasteiger partial charge in [0.15, 0.2) is 11.5 Å². The van der Waals surface area contributed by atoms with Gasteiger partial charge in [0.2, 0.25) is 0 Å². The molecule has 5 rings (SSSR count). The average Bonchev–Trinajstić information content (AvgIpc) is 3.49. The maximum atomic E-state index is 13.7. The number of benzene rings is 2. The van der Waals surface area contributed by atoms with Gasteiger partial charge in [-0.15, -0.1) is 0 Å². The molecule has 0 bridgehead atoms. The van der Waals surface area contributed by atoms with Crippen LogP contribution in [0, 0.1) is 0 Å². The van der Waals surface area contributed by atoms with Gasteiger partial charge in [-0.25, -0.2) is 0 Å². The lowest BCUT2D eigenvalue weighted by atomic mass is 9.95. The average molecular weight is 513 g/mol. The maximum Gasteiger partial charge on any atom is 0.273 e. The molecule has 2 aromatic carbocycles. The van der Waals surface area contributed by atoms with E-state index in [2.05, 4.69) is 22.1 Å². The molecular weight excluding hydrogens is 480 g/mol. The van der Waals surface area contributed by atoms with Gasteiger partial charge < -0.3 is 19.1 Å². The van der Waals surface area contributed by atoms with Crippen LogP contribution in [-0.2, 0) is 6.54 Å². The number of rotatable bonds is 11. The second-order valence-electron chi connectivity index (χ2n) is 9.12. The Morgan fingerprint density at radius 3 is 2.47 bits per heavy atom. The van der Waals surface area contributed by atoms with Crippen LogP contribution in [0.5, 0.6) is 17.2 Å². The predicted octanol–water partition coefficient (Wildman–Crippen LogP) is 5.80. The van der Waals surface area contributed by atoms with Crippen LogP contribution in [0.1, 0.15) is 59.9 Å². The normalized spacial score (nSPS) is 14.4. The van der Waals surface area contributed by atoms with Crippen molar-refractivity contribution in [3.8, 4) is 28.5 Å². The highest BCUT2D eigenvalue weighted by atomic mass is 16.5. The van der Waals surface area contributed by atoms with Gasteiger partial charge in [-0.2, -0.15) is 5.10 Å². The van der Waals surface area contributed by atoms with Gasteiger partial charge in [0.05, 0.1) is 32.1 Å². The van der Waals surface area contributed by atoms with Crippen molar-refractivity contribution in [2.24, 2.45) is 0 Å². The number of unbranched alkanes of at least 4 members (excludes halogenated alkanes) is 1. The zero-order chi connectivity index (χ0) is 26.5. The van der Waals surface area contributed by atoms with E-state index in [0.717, 1.165) is 46.5 Å². The van der Waals surface area contributed by atoms with Gasteiger partial charge in [-0.3, -0.25) is 14.9 Å². The van der Waals surface area contributed by atoms with E-state index in [1.807, 2.05) is 66.4 Å². The first kappa shape index (κ1) is 25.3. The predicted molar refractivity (Wildman–Crippen MR) is 145 cm³/mol. The molecule has 3 heterocycles. The lowest BCUT2D eigenvalue weighted by Gasteiger charge is -2.27. The molecule has 1 amide bonds. The molecule has 0 radical (unpaired) electrons. The van der Waals surface area contributed by atoms with Crippen molar-refractivity contribution < 1.29 is 19.0 Å². The van der Waals surface area contributed by atoms with Crippen LogP contribution in [0.3, 0.4) is 0 Å². The number of hydrogen-bond donors (Lipinski definition) is 1. The van der Waals surface area contributed by atoms with Crippen LogP contribution in [0.2, 0.25) is 0 Å². The number of nitrogens with one attached hydrogen (secondary N) is 1. The summed E-state index contributed by atoms with van der Waals surface area (Å²) in [4.78, 5) is 19.7. The Morgan fingerprint density at radius 1 is 0.974 bits per heavy atom. The molecule has 4 aromatic rings. The summed E-state index contributed by atoms with van der Waals surface area (Å²) < 4.78 is 17.3. The van der Waals surface area contributed by atoms with Gasteiger partial charge in [-0.05, 0) is 73.0 Å². The zero-order valence-electron chi connectivity index (χ0n) is 21.9. The molecule has 0 spiro atoms. The molecule has 1 unspecified atom stereocenters. The third kappa shape index (κ3) is 4.94. The van der Waals surface area contributed by atoms with E-state index in [4.69, 9.17) is 14.2 Å². The molecule has 0 saturated carbocycles. The largest absolute Gasteiger partial charge is 0.497 e. The highest BCUT2D eigenvalue weighted by Crippen LogP contribution is 2.45. The summed E-state index contributed by atoms with van der Waals surface area (Å²) >= 11 is 0. The molecule has 1 aliphatic rings. The third-order valence-corrected chi connectivity index (χ3v) is 6.67. The van der Waals surface area contributed by atoms with Crippen LogP contribution < -0.4 is 14.2 Å². The molecular formula is C30H32N4O4. The number of aromatic amines is 1. The number of fused-ring (bicyclic) bond motifs is 1. The zero-order valence-corrected chi connectivity index (χ0v) is 21.9. The van der Waals surface area contributed by atoms with E-state index in [-0.39, 0.29) is 11.9 Å². The first-order valence-electron chi connectivity index (χ1n) is 13.0. The van der Waals surface area contributed by atoms with Gasteiger partial charge in [0, 0.05) is 30.1 Å². The van der Waals surface area contributed by atoms with E-state index in [0.29, 0.717) is 37.0 Å². The number of pyridine rings is 1. The highest BCUT2D eigenvalue weighted by molar-refractivity contribution is 6.00. The van der Waals surface area contributed by atoms with Crippen molar-refractivity contribution >= 4 is 5.91 Å². The molecule has 38 heavy (non-hydrogen) atoms. The maximum absolute atomic E-state index is 13.7. The lowest BCUT2D eigenvalue weighted by molar-refractivity contribution is 0.0729. The van der Waals surface area contributed by atoms with Crippen molar-refractivity contribution in [3.05, 3.63) is 89.4 Å². The topological polar surface area (TPSA) is 89.6 Å². The first-order valence-corrected chi connectivity index (χ1v) is 13.0. The van der Waals surface area contributed by atoms with Gasteiger partial charge in [-0.1, -0.05) is 19.4 Å². The molecule has 0 aliphatic carbocycles. The Kier molecular flexibility index (Phi) is 7.58. The number of nitrogens with zero attached hydrogens (tertiary/aromatic N) is 3. The fourth-order valence-corrected chi connectivity index (χ4v) is 4.77. The number of carbonyl (C=O) groups is 1. The Balaban J connectivity index is 1.60. The van der Waals surface area contributed by atoms with Crippen LogP contribution in [-0.4, -0.2) is 46.3 Å². The summed E-state index contributed by atoms with van der Waals surface area (Å²) in [5.74, 6) is 2.03. The van der Waals surface area contributed by atoms with E-state index in [1.54, 1.807) is 19.5 Å². The van der Waals surface area contributed by atoms with Gasteiger partial charge in [0.25, 0.3) is 5.91 Å². The van der Waals surface area contributed by atoms with Crippen molar-refractivity contribution in [3.63, 3.8) is 0 Å². The molecule has 1 aliphatic heterocycles. The minimum Gasteiger partial charge on any atom is -0.497 e. The number of H-pyrrole nitrogens is 1. The fraction of sp³-hybridized carbons (Fsp3) is 0.300. The number of amides is 1. The van der Waals surface area contributed by atoms with Gasteiger partial charge in [0.1, 0.15) is 11.4 Å². The Morgan fingerprint density at radius 2 is 1.76 bits per heavy atom. The van der Waals surface area contributed by atoms with E-state index < -0.39 is 0 Å². The minimum atomic E-state index is -0.370. The van der Waals surface area contributed by atoms with Crippen LogP contribution in [0.25, 0.3) is 11.3 Å². The number of carbonyl (C=O) groups excluding carboxylic acids is 1. The Hall–Kier alpha value is -4.33. The van der Waals surface area contributed by atoms with Crippen molar-refractivity contribution in [2.75, 3.05) is 20.3 Å². The molecule has 8 nitrogen and oxygen atoms in total. The lowest BCUT2D eigenvalue weighted by Crippen LogP contribution is -2.29. The van der Waals surface area contributed by atoms with E-state index in [9.17, 15) is 4.79 Å². The molecule has 1 atom stereocenters.